The molecule has 0 aliphatic carbocycles. The molecule has 2 rings (SSSR count). The molecule has 1 fully saturated rings. The second-order valence-electron chi connectivity index (χ2n) is 6.73. The van der Waals surface area contributed by atoms with Crippen molar-refractivity contribution in [3.8, 4) is 6.07 Å². The number of anilines is 2. The molecule has 1 saturated heterocycles. The Bertz CT molecular complexity index is 510. The Hall–Kier alpha value is -1.76. The molecule has 1 unspecified atom stereocenters. The van der Waals surface area contributed by atoms with E-state index in [0.29, 0.717) is 16.7 Å². The number of nitrogens with zero attached hydrogens (tertiary/aromatic N) is 3. The van der Waals surface area contributed by atoms with Crippen LogP contribution < -0.4 is 10.6 Å². The average molecular weight is 272 g/mol. The summed E-state index contributed by atoms with van der Waals surface area (Å²) in [5.74, 6) is 1.52. The predicted molar refractivity (Wildman–Crippen MR) is 82.4 cm³/mol. The van der Waals surface area contributed by atoms with Gasteiger partial charge in [0.2, 0.25) is 0 Å². The first-order valence-corrected chi connectivity index (χ1v) is 7.32. The Kier molecular flexibility index (Phi) is 4.17. The molecule has 1 atom stereocenters. The van der Waals surface area contributed by atoms with Crippen molar-refractivity contribution in [1.29, 1.82) is 5.26 Å². The Morgan fingerprint density at radius 1 is 1.35 bits per heavy atom. The van der Waals surface area contributed by atoms with E-state index in [-0.39, 0.29) is 0 Å². The Balaban J connectivity index is 2.17. The van der Waals surface area contributed by atoms with Gasteiger partial charge < -0.3 is 10.6 Å². The van der Waals surface area contributed by atoms with Crippen LogP contribution in [0.1, 0.15) is 45.6 Å². The van der Waals surface area contributed by atoms with Gasteiger partial charge in [0.1, 0.15) is 11.9 Å². The lowest BCUT2D eigenvalue weighted by atomic mass is 9.77. The highest BCUT2D eigenvalue weighted by Crippen LogP contribution is 2.35. The SMILES string of the molecule is CC(C)(C)C1CCCN(c2ncc(N)cc2C#N)CC1. The van der Waals surface area contributed by atoms with Gasteiger partial charge in [-0.15, -0.1) is 0 Å². The normalized spacial score (nSPS) is 20.3. The molecule has 1 aromatic rings. The van der Waals surface area contributed by atoms with Gasteiger partial charge in [-0.1, -0.05) is 20.8 Å². The third-order valence-electron chi connectivity index (χ3n) is 4.26. The minimum Gasteiger partial charge on any atom is -0.397 e. The summed E-state index contributed by atoms with van der Waals surface area (Å²) < 4.78 is 0. The van der Waals surface area contributed by atoms with Crippen molar-refractivity contribution in [1.82, 2.24) is 4.98 Å². The van der Waals surface area contributed by atoms with Crippen molar-refractivity contribution < 1.29 is 0 Å². The maximum absolute atomic E-state index is 9.25. The monoisotopic (exact) mass is 272 g/mol. The molecule has 0 radical (unpaired) electrons. The number of hydrogen-bond donors (Lipinski definition) is 1. The molecule has 0 spiro atoms. The van der Waals surface area contributed by atoms with Crippen molar-refractivity contribution >= 4 is 11.5 Å². The molecular formula is C16H24N4. The Labute approximate surface area is 121 Å². The molecule has 0 amide bonds. The predicted octanol–water partition coefficient (Wildman–Crippen LogP) is 3.19. The second kappa shape index (κ2) is 5.70. The summed E-state index contributed by atoms with van der Waals surface area (Å²) in [5.41, 5.74) is 7.19. The molecule has 0 saturated carbocycles. The van der Waals surface area contributed by atoms with Gasteiger partial charge in [0, 0.05) is 13.1 Å². The molecule has 0 bridgehead atoms. The van der Waals surface area contributed by atoms with E-state index < -0.39 is 0 Å². The lowest BCUT2D eigenvalue weighted by Crippen LogP contribution is -2.27. The summed E-state index contributed by atoms with van der Waals surface area (Å²) in [5, 5.41) is 9.25. The number of hydrogen-bond acceptors (Lipinski definition) is 4. The van der Waals surface area contributed by atoms with E-state index in [4.69, 9.17) is 5.73 Å². The van der Waals surface area contributed by atoms with Crippen LogP contribution in [0.2, 0.25) is 0 Å². The van der Waals surface area contributed by atoms with Crippen molar-refractivity contribution in [2.75, 3.05) is 23.7 Å². The number of pyridine rings is 1. The van der Waals surface area contributed by atoms with Gasteiger partial charge in [0.25, 0.3) is 0 Å². The van der Waals surface area contributed by atoms with Crippen molar-refractivity contribution in [2.24, 2.45) is 11.3 Å². The summed E-state index contributed by atoms with van der Waals surface area (Å²) in [6.07, 6.45) is 5.19. The van der Waals surface area contributed by atoms with Crippen molar-refractivity contribution in [2.45, 2.75) is 40.0 Å². The lowest BCUT2D eigenvalue weighted by molar-refractivity contribution is 0.220. The zero-order chi connectivity index (χ0) is 14.8. The van der Waals surface area contributed by atoms with Gasteiger partial charge in [0.15, 0.2) is 0 Å². The fraction of sp³-hybridized carbons (Fsp3) is 0.625. The van der Waals surface area contributed by atoms with E-state index in [2.05, 4.69) is 36.7 Å². The maximum Gasteiger partial charge on any atom is 0.146 e. The van der Waals surface area contributed by atoms with Crippen LogP contribution in [0.4, 0.5) is 11.5 Å². The molecule has 108 valence electrons. The summed E-state index contributed by atoms with van der Waals surface area (Å²) >= 11 is 0. The Morgan fingerprint density at radius 2 is 2.10 bits per heavy atom. The van der Waals surface area contributed by atoms with Crippen LogP contribution in [-0.2, 0) is 0 Å². The van der Waals surface area contributed by atoms with Crippen LogP contribution in [0.25, 0.3) is 0 Å². The van der Waals surface area contributed by atoms with E-state index in [1.54, 1.807) is 12.3 Å². The smallest absolute Gasteiger partial charge is 0.146 e. The minimum absolute atomic E-state index is 0.350. The van der Waals surface area contributed by atoms with E-state index in [9.17, 15) is 5.26 Å². The third kappa shape index (κ3) is 3.22. The highest BCUT2D eigenvalue weighted by atomic mass is 15.2. The topological polar surface area (TPSA) is 65.9 Å². The first-order valence-electron chi connectivity index (χ1n) is 7.32. The Morgan fingerprint density at radius 3 is 2.75 bits per heavy atom. The molecule has 1 aliphatic rings. The second-order valence-corrected chi connectivity index (χ2v) is 6.73. The molecule has 0 aromatic carbocycles. The van der Waals surface area contributed by atoms with Gasteiger partial charge in [0.05, 0.1) is 17.4 Å². The third-order valence-corrected chi connectivity index (χ3v) is 4.26. The van der Waals surface area contributed by atoms with Crippen LogP contribution >= 0.6 is 0 Å². The zero-order valence-corrected chi connectivity index (χ0v) is 12.7. The van der Waals surface area contributed by atoms with E-state index in [1.807, 2.05) is 0 Å². The first kappa shape index (κ1) is 14.6. The largest absolute Gasteiger partial charge is 0.397 e. The molecular weight excluding hydrogens is 248 g/mol. The fourth-order valence-corrected chi connectivity index (χ4v) is 2.98. The quantitative estimate of drug-likeness (QED) is 0.852. The van der Waals surface area contributed by atoms with Crippen molar-refractivity contribution in [3.63, 3.8) is 0 Å². The van der Waals surface area contributed by atoms with Crippen molar-refractivity contribution in [3.05, 3.63) is 17.8 Å². The molecule has 4 heteroatoms. The van der Waals surface area contributed by atoms with Gasteiger partial charge >= 0.3 is 0 Å². The number of nitrogen functional groups attached to an aromatic ring is 1. The molecule has 1 aliphatic heterocycles. The number of nitriles is 1. The minimum atomic E-state index is 0.350. The summed E-state index contributed by atoms with van der Waals surface area (Å²) in [6.45, 7) is 8.88. The van der Waals surface area contributed by atoms with E-state index in [0.717, 1.165) is 37.7 Å². The van der Waals surface area contributed by atoms with Gasteiger partial charge in [-0.3, -0.25) is 0 Å². The highest BCUT2D eigenvalue weighted by Gasteiger charge is 2.28. The fourth-order valence-electron chi connectivity index (χ4n) is 2.98. The molecule has 2 N–H and O–H groups in total. The summed E-state index contributed by atoms with van der Waals surface area (Å²) in [7, 11) is 0. The molecule has 20 heavy (non-hydrogen) atoms. The number of nitrogens with two attached hydrogens (primary N) is 1. The van der Waals surface area contributed by atoms with Gasteiger partial charge in [-0.05, 0) is 36.7 Å². The highest BCUT2D eigenvalue weighted by molar-refractivity contribution is 5.58. The van der Waals surface area contributed by atoms with Crippen LogP contribution in [0, 0.1) is 22.7 Å². The van der Waals surface area contributed by atoms with Gasteiger partial charge in [-0.2, -0.15) is 5.26 Å². The van der Waals surface area contributed by atoms with Gasteiger partial charge in [-0.25, -0.2) is 4.98 Å². The van der Waals surface area contributed by atoms with Crippen LogP contribution in [0.15, 0.2) is 12.3 Å². The van der Waals surface area contributed by atoms with Crippen LogP contribution in [0.3, 0.4) is 0 Å². The maximum atomic E-state index is 9.25. The van der Waals surface area contributed by atoms with Crippen LogP contribution in [0.5, 0.6) is 0 Å². The first-order chi connectivity index (χ1) is 9.41. The van der Waals surface area contributed by atoms with E-state index in [1.165, 1.54) is 6.42 Å². The van der Waals surface area contributed by atoms with E-state index >= 15 is 0 Å². The van der Waals surface area contributed by atoms with Crippen LogP contribution in [-0.4, -0.2) is 18.1 Å². The molecule has 1 aromatic heterocycles. The summed E-state index contributed by atoms with van der Waals surface area (Å²) in [4.78, 5) is 6.62. The average Bonchev–Trinajstić information content (AvgIpc) is 2.63. The number of aromatic nitrogens is 1. The summed E-state index contributed by atoms with van der Waals surface area (Å²) in [6, 6.07) is 3.93. The molecule has 4 nitrogen and oxygen atoms in total. The zero-order valence-electron chi connectivity index (χ0n) is 12.7. The number of rotatable bonds is 1. The molecule has 2 heterocycles. The lowest BCUT2D eigenvalue weighted by Gasteiger charge is -2.30. The standard InChI is InChI=1S/C16H24N4/c1-16(2,3)13-5-4-7-20(8-6-13)15-12(10-17)9-14(18)11-19-15/h9,11,13H,4-8,18H2,1-3H3.